The van der Waals surface area contributed by atoms with Crippen LogP contribution in [0.25, 0.3) is 0 Å². The van der Waals surface area contributed by atoms with E-state index in [2.05, 4.69) is 36.6 Å². The minimum absolute atomic E-state index is 0.00754. The van der Waals surface area contributed by atoms with Gasteiger partial charge in [0.05, 0.1) is 12.0 Å². The molecule has 2 heterocycles. The lowest BCUT2D eigenvalue weighted by Gasteiger charge is -2.33. The number of aliphatic hydroxyl groups is 1. The molecule has 4 rings (SSSR count). The normalized spacial score (nSPS) is 34.8. The molecule has 1 saturated carbocycles. The first-order valence-electron chi connectivity index (χ1n) is 9.11. The van der Waals surface area contributed by atoms with Crippen LogP contribution in [-0.2, 0) is 4.79 Å². The highest BCUT2D eigenvalue weighted by Crippen LogP contribution is 2.46. The molecule has 130 valence electrons. The van der Waals surface area contributed by atoms with E-state index in [0.717, 1.165) is 18.4 Å². The molecule has 1 aromatic rings. The summed E-state index contributed by atoms with van der Waals surface area (Å²) >= 11 is 0. The summed E-state index contributed by atoms with van der Waals surface area (Å²) in [6.07, 6.45) is 5.77. The Morgan fingerprint density at radius 1 is 1.17 bits per heavy atom. The lowest BCUT2D eigenvalue weighted by Crippen LogP contribution is -2.54. The lowest BCUT2D eigenvalue weighted by atomic mass is 9.88. The van der Waals surface area contributed by atoms with Crippen LogP contribution >= 0.6 is 0 Å². The Bertz CT molecular complexity index is 626. The minimum Gasteiger partial charge on any atom is -0.366 e. The number of likely N-dealkylation sites (tertiary alicyclic amines) is 1. The van der Waals surface area contributed by atoms with E-state index in [4.69, 9.17) is 0 Å². The highest BCUT2D eigenvalue weighted by atomic mass is 16.3. The third-order valence-corrected chi connectivity index (χ3v) is 6.10. The third-order valence-electron chi connectivity index (χ3n) is 6.10. The van der Waals surface area contributed by atoms with Gasteiger partial charge in [-0.1, -0.05) is 49.1 Å². The maximum atomic E-state index is 13.0. The molecule has 3 fully saturated rings. The van der Waals surface area contributed by atoms with Gasteiger partial charge in [0, 0.05) is 19.6 Å². The maximum Gasteiger partial charge on any atom is 0.271 e. The number of hydrogen-bond acceptors (Lipinski definition) is 4. The van der Waals surface area contributed by atoms with Gasteiger partial charge in [-0.05, 0) is 25.3 Å². The number of benzene rings is 1. The van der Waals surface area contributed by atoms with Gasteiger partial charge >= 0.3 is 0 Å². The van der Waals surface area contributed by atoms with Crippen molar-refractivity contribution in [2.24, 2.45) is 5.92 Å². The molecule has 24 heavy (non-hydrogen) atoms. The van der Waals surface area contributed by atoms with E-state index < -0.39 is 5.72 Å². The molecular weight excluding hydrogens is 302 g/mol. The number of rotatable bonds is 2. The minimum atomic E-state index is -1.46. The van der Waals surface area contributed by atoms with Crippen molar-refractivity contribution in [2.45, 2.75) is 56.8 Å². The Hall–Kier alpha value is -1.43. The van der Waals surface area contributed by atoms with Gasteiger partial charge in [-0.3, -0.25) is 4.79 Å². The fraction of sp³-hybridized carbons (Fsp3) is 0.632. The Morgan fingerprint density at radius 2 is 1.83 bits per heavy atom. The molecule has 1 amide bonds. The highest BCUT2D eigenvalue weighted by Gasteiger charge is 2.62. The van der Waals surface area contributed by atoms with Gasteiger partial charge in [-0.25, -0.2) is 10.4 Å². The summed E-state index contributed by atoms with van der Waals surface area (Å²) in [6.45, 7) is 2.70. The largest absolute Gasteiger partial charge is 0.366 e. The second kappa shape index (κ2) is 5.83. The summed E-state index contributed by atoms with van der Waals surface area (Å²) in [5.41, 5.74) is 3.98. The SMILES string of the molecule is Cc1ccc([C@@H]2[C@@H]3CN(C4CCCCC4)C(=O)[C@]3(O)NN2C)cc1. The molecule has 3 aliphatic rings. The fourth-order valence-electron chi connectivity index (χ4n) is 4.80. The Morgan fingerprint density at radius 3 is 2.50 bits per heavy atom. The molecule has 1 aliphatic carbocycles. The number of aryl methyl sites for hydroxylation is 1. The monoisotopic (exact) mass is 329 g/mol. The number of nitrogens with zero attached hydrogens (tertiary/aromatic N) is 2. The first kappa shape index (κ1) is 16.1. The van der Waals surface area contributed by atoms with Gasteiger partial charge in [-0.15, -0.1) is 0 Å². The van der Waals surface area contributed by atoms with Crippen LogP contribution in [-0.4, -0.2) is 46.3 Å². The summed E-state index contributed by atoms with van der Waals surface area (Å²) in [5.74, 6) is -0.277. The number of carbonyl (C=O) groups excluding carboxylic acids is 1. The zero-order valence-corrected chi connectivity index (χ0v) is 14.5. The van der Waals surface area contributed by atoms with E-state index in [1.165, 1.54) is 24.8 Å². The number of nitrogens with one attached hydrogen (secondary N) is 1. The average Bonchev–Trinajstić information content (AvgIpc) is 2.98. The van der Waals surface area contributed by atoms with E-state index in [9.17, 15) is 9.90 Å². The standard InChI is InChI=1S/C19H27N3O2/c1-13-8-10-14(11-9-13)17-16-12-22(15-6-4-3-5-7-15)18(23)19(16,24)20-21(17)2/h8-11,15-17,20,24H,3-7,12H2,1-2H3/t16-,17+,19-/m0/s1. The summed E-state index contributed by atoms with van der Waals surface area (Å²) in [6, 6.07) is 8.71. The smallest absolute Gasteiger partial charge is 0.271 e. The van der Waals surface area contributed by atoms with Gasteiger partial charge in [0.25, 0.3) is 5.91 Å². The van der Waals surface area contributed by atoms with Crippen LogP contribution in [0.4, 0.5) is 0 Å². The van der Waals surface area contributed by atoms with Gasteiger partial charge < -0.3 is 10.0 Å². The van der Waals surface area contributed by atoms with Crippen molar-refractivity contribution in [1.82, 2.24) is 15.3 Å². The molecule has 2 N–H and O–H groups in total. The summed E-state index contributed by atoms with van der Waals surface area (Å²) < 4.78 is 0. The zero-order chi connectivity index (χ0) is 16.9. The van der Waals surface area contributed by atoms with Crippen LogP contribution in [0.3, 0.4) is 0 Å². The predicted molar refractivity (Wildman–Crippen MR) is 91.8 cm³/mol. The lowest BCUT2D eigenvalue weighted by molar-refractivity contribution is -0.151. The Kier molecular flexibility index (Phi) is 3.90. The van der Waals surface area contributed by atoms with Crippen LogP contribution < -0.4 is 5.43 Å². The second-order valence-electron chi connectivity index (χ2n) is 7.70. The van der Waals surface area contributed by atoms with Crippen LogP contribution in [0, 0.1) is 12.8 Å². The Balaban J connectivity index is 1.63. The van der Waals surface area contributed by atoms with E-state index >= 15 is 0 Å². The van der Waals surface area contributed by atoms with Crippen molar-refractivity contribution in [2.75, 3.05) is 13.6 Å². The fourth-order valence-corrected chi connectivity index (χ4v) is 4.80. The summed E-state index contributed by atoms with van der Waals surface area (Å²) in [5, 5.41) is 13.0. The predicted octanol–water partition coefficient (Wildman–Crippen LogP) is 1.97. The van der Waals surface area contributed by atoms with Crippen LogP contribution in [0.5, 0.6) is 0 Å². The van der Waals surface area contributed by atoms with Crippen molar-refractivity contribution < 1.29 is 9.90 Å². The van der Waals surface area contributed by atoms with E-state index in [1.807, 2.05) is 17.0 Å². The van der Waals surface area contributed by atoms with E-state index in [-0.39, 0.29) is 17.9 Å². The number of fused-ring (bicyclic) bond motifs is 1. The molecule has 0 spiro atoms. The molecule has 3 atom stereocenters. The van der Waals surface area contributed by atoms with Crippen molar-refractivity contribution in [1.29, 1.82) is 0 Å². The first-order chi connectivity index (χ1) is 11.5. The molecule has 5 nitrogen and oxygen atoms in total. The topological polar surface area (TPSA) is 55.8 Å². The van der Waals surface area contributed by atoms with Crippen molar-refractivity contribution in [3.05, 3.63) is 35.4 Å². The van der Waals surface area contributed by atoms with Crippen LogP contribution in [0.2, 0.25) is 0 Å². The zero-order valence-electron chi connectivity index (χ0n) is 14.5. The summed E-state index contributed by atoms with van der Waals surface area (Å²) in [4.78, 5) is 14.9. The third kappa shape index (κ3) is 2.38. The molecule has 0 radical (unpaired) electrons. The Labute approximate surface area is 143 Å². The van der Waals surface area contributed by atoms with E-state index in [0.29, 0.717) is 12.6 Å². The molecule has 0 bridgehead atoms. The second-order valence-corrected chi connectivity index (χ2v) is 7.70. The molecule has 0 unspecified atom stereocenters. The molecule has 2 aliphatic heterocycles. The number of hydrogen-bond donors (Lipinski definition) is 2. The van der Waals surface area contributed by atoms with Crippen molar-refractivity contribution >= 4 is 5.91 Å². The molecule has 5 heteroatoms. The number of carbonyl (C=O) groups is 1. The van der Waals surface area contributed by atoms with Gasteiger partial charge in [0.1, 0.15) is 0 Å². The van der Waals surface area contributed by atoms with Crippen molar-refractivity contribution in [3.8, 4) is 0 Å². The molecule has 0 aromatic heterocycles. The average molecular weight is 329 g/mol. The molecule has 1 aromatic carbocycles. The van der Waals surface area contributed by atoms with Crippen molar-refractivity contribution in [3.63, 3.8) is 0 Å². The summed E-state index contributed by atoms with van der Waals surface area (Å²) in [7, 11) is 1.92. The quantitative estimate of drug-likeness (QED) is 0.871. The van der Waals surface area contributed by atoms with Crippen LogP contribution in [0.1, 0.15) is 49.3 Å². The van der Waals surface area contributed by atoms with Crippen LogP contribution in [0.15, 0.2) is 24.3 Å². The number of hydrazine groups is 1. The van der Waals surface area contributed by atoms with Gasteiger partial charge in [0.15, 0.2) is 0 Å². The highest BCUT2D eigenvalue weighted by molar-refractivity contribution is 5.88. The maximum absolute atomic E-state index is 13.0. The van der Waals surface area contributed by atoms with Gasteiger partial charge in [-0.2, -0.15) is 0 Å². The number of amides is 1. The first-order valence-corrected chi connectivity index (χ1v) is 9.11. The molecular formula is C19H27N3O2. The van der Waals surface area contributed by atoms with Gasteiger partial charge in [0.2, 0.25) is 5.72 Å². The van der Waals surface area contributed by atoms with E-state index in [1.54, 1.807) is 0 Å². The molecule has 2 saturated heterocycles.